The molecule has 0 aliphatic carbocycles. The first-order valence-electron chi connectivity index (χ1n) is 6.20. The molecular weight excluding hydrogens is 291 g/mol. The number of hydrogen-bond acceptors (Lipinski definition) is 3. The van der Waals surface area contributed by atoms with Gasteiger partial charge >= 0.3 is 0 Å². The van der Waals surface area contributed by atoms with Gasteiger partial charge in [0, 0.05) is 6.07 Å². The van der Waals surface area contributed by atoms with Crippen LogP contribution in [0.5, 0.6) is 0 Å². The van der Waals surface area contributed by atoms with Crippen molar-refractivity contribution in [3.05, 3.63) is 53.1 Å². The zero-order valence-electron chi connectivity index (χ0n) is 10.8. The van der Waals surface area contributed by atoms with Crippen molar-refractivity contribution in [1.29, 1.82) is 5.26 Å². The highest BCUT2D eigenvalue weighted by molar-refractivity contribution is 6.31. The summed E-state index contributed by atoms with van der Waals surface area (Å²) in [7, 11) is 0. The molecule has 21 heavy (non-hydrogen) atoms. The van der Waals surface area contributed by atoms with Crippen LogP contribution in [-0.4, -0.2) is 9.55 Å². The summed E-state index contributed by atoms with van der Waals surface area (Å²) in [5, 5.41) is 8.94. The normalized spacial score (nSPS) is 10.7. The van der Waals surface area contributed by atoms with Crippen molar-refractivity contribution in [3.8, 4) is 11.8 Å². The fourth-order valence-corrected chi connectivity index (χ4v) is 2.44. The van der Waals surface area contributed by atoms with Gasteiger partial charge < -0.3 is 5.73 Å². The lowest BCUT2D eigenvalue weighted by Crippen LogP contribution is -2.05. The van der Waals surface area contributed by atoms with Gasteiger partial charge in [-0.2, -0.15) is 5.26 Å². The zero-order chi connectivity index (χ0) is 15.0. The van der Waals surface area contributed by atoms with Crippen molar-refractivity contribution >= 4 is 28.3 Å². The minimum absolute atomic E-state index is 0.0279. The Balaban J connectivity index is 2.36. The molecule has 0 radical (unpaired) electrons. The van der Waals surface area contributed by atoms with Crippen molar-refractivity contribution in [2.45, 2.75) is 6.42 Å². The number of imidazole rings is 1. The maximum Gasteiger partial charge on any atom is 0.143 e. The van der Waals surface area contributed by atoms with Crippen LogP contribution in [-0.2, 0) is 6.42 Å². The third kappa shape index (κ3) is 2.20. The average molecular weight is 301 g/mol. The molecule has 0 aliphatic heterocycles. The number of benzene rings is 2. The average Bonchev–Trinajstić information content (AvgIpc) is 2.81. The van der Waals surface area contributed by atoms with Gasteiger partial charge in [-0.3, -0.25) is 4.57 Å². The predicted molar refractivity (Wildman–Crippen MR) is 79.8 cm³/mol. The minimum atomic E-state index is -0.579. The van der Waals surface area contributed by atoms with Gasteiger partial charge in [-0.05, 0) is 18.2 Å². The maximum atomic E-state index is 13.5. The molecule has 3 aromatic rings. The molecule has 0 aliphatic rings. The van der Waals surface area contributed by atoms with E-state index in [4.69, 9.17) is 22.6 Å². The van der Waals surface area contributed by atoms with Crippen molar-refractivity contribution < 1.29 is 4.39 Å². The van der Waals surface area contributed by atoms with Crippen LogP contribution in [0.4, 0.5) is 10.1 Å². The standard InChI is InChI=1S/C15H10ClFN4/c16-9-7-14(11(19)8-10(9)17)21-13-4-2-1-3-12(13)20-15(21)5-6-18/h1-4,7-8H,5,19H2. The smallest absolute Gasteiger partial charge is 0.143 e. The number of aromatic nitrogens is 2. The van der Waals surface area contributed by atoms with Crippen LogP contribution < -0.4 is 5.73 Å². The molecule has 0 bridgehead atoms. The summed E-state index contributed by atoms with van der Waals surface area (Å²) in [6.45, 7) is 0. The first kappa shape index (κ1) is 13.4. The number of nitrogen functional groups attached to an aromatic ring is 1. The monoisotopic (exact) mass is 300 g/mol. The van der Waals surface area contributed by atoms with Crippen LogP contribution in [0.2, 0.25) is 5.02 Å². The quantitative estimate of drug-likeness (QED) is 0.737. The second kappa shape index (κ2) is 5.08. The third-order valence-corrected chi connectivity index (χ3v) is 3.47. The van der Waals surface area contributed by atoms with Gasteiger partial charge in [-0.1, -0.05) is 23.7 Å². The van der Waals surface area contributed by atoms with Crippen LogP contribution in [0.3, 0.4) is 0 Å². The van der Waals surface area contributed by atoms with E-state index in [0.717, 1.165) is 11.0 Å². The molecule has 0 saturated heterocycles. The predicted octanol–water partition coefficient (Wildman–Crippen LogP) is 3.47. The lowest BCUT2D eigenvalue weighted by molar-refractivity contribution is 0.628. The topological polar surface area (TPSA) is 67.6 Å². The molecular formula is C15H10ClFN4. The van der Waals surface area contributed by atoms with E-state index in [9.17, 15) is 4.39 Å². The molecule has 4 nitrogen and oxygen atoms in total. The van der Waals surface area contributed by atoms with Gasteiger partial charge in [0.25, 0.3) is 0 Å². The van der Waals surface area contributed by atoms with Gasteiger partial charge in [0.1, 0.15) is 11.6 Å². The van der Waals surface area contributed by atoms with Gasteiger partial charge in [-0.25, -0.2) is 9.37 Å². The summed E-state index contributed by atoms with van der Waals surface area (Å²) in [5.74, 6) is -0.0442. The zero-order valence-corrected chi connectivity index (χ0v) is 11.6. The van der Waals surface area contributed by atoms with Crippen LogP contribution in [0, 0.1) is 17.1 Å². The molecule has 0 amide bonds. The maximum absolute atomic E-state index is 13.5. The number of halogens is 2. The molecule has 0 saturated carbocycles. The van der Waals surface area contributed by atoms with E-state index in [1.54, 1.807) is 4.57 Å². The molecule has 1 aromatic heterocycles. The Morgan fingerprint density at radius 3 is 2.86 bits per heavy atom. The van der Waals surface area contributed by atoms with E-state index in [0.29, 0.717) is 11.5 Å². The summed E-state index contributed by atoms with van der Waals surface area (Å²) in [4.78, 5) is 4.42. The van der Waals surface area contributed by atoms with Crippen LogP contribution >= 0.6 is 11.6 Å². The Hall–Kier alpha value is -2.58. The Bertz CT molecular complexity index is 879. The summed E-state index contributed by atoms with van der Waals surface area (Å²) in [6.07, 6.45) is 0.114. The van der Waals surface area contributed by atoms with Gasteiger partial charge in [-0.15, -0.1) is 0 Å². The van der Waals surface area contributed by atoms with E-state index in [1.807, 2.05) is 24.3 Å². The number of nitrogens with zero attached hydrogens (tertiary/aromatic N) is 3. The number of hydrogen-bond donors (Lipinski definition) is 1. The Morgan fingerprint density at radius 1 is 1.33 bits per heavy atom. The fourth-order valence-electron chi connectivity index (χ4n) is 2.28. The second-order valence-electron chi connectivity index (χ2n) is 4.51. The number of nitriles is 1. The highest BCUT2D eigenvalue weighted by Crippen LogP contribution is 2.29. The summed E-state index contributed by atoms with van der Waals surface area (Å²) in [5.41, 5.74) is 8.18. The molecule has 6 heteroatoms. The number of anilines is 1. The van der Waals surface area contributed by atoms with Crippen molar-refractivity contribution in [2.75, 3.05) is 5.73 Å². The van der Waals surface area contributed by atoms with E-state index in [-0.39, 0.29) is 17.1 Å². The highest BCUT2D eigenvalue weighted by atomic mass is 35.5. The van der Waals surface area contributed by atoms with E-state index in [1.165, 1.54) is 12.1 Å². The Labute approximate surface area is 125 Å². The minimum Gasteiger partial charge on any atom is -0.397 e. The molecule has 3 rings (SSSR count). The molecule has 2 N–H and O–H groups in total. The second-order valence-corrected chi connectivity index (χ2v) is 4.92. The first-order chi connectivity index (χ1) is 10.1. The summed E-state index contributed by atoms with van der Waals surface area (Å²) >= 11 is 5.85. The van der Waals surface area contributed by atoms with Crippen LogP contribution in [0.1, 0.15) is 5.82 Å². The van der Waals surface area contributed by atoms with Crippen molar-refractivity contribution in [2.24, 2.45) is 0 Å². The first-order valence-corrected chi connectivity index (χ1v) is 6.58. The van der Waals surface area contributed by atoms with Crippen LogP contribution in [0.25, 0.3) is 16.7 Å². The lowest BCUT2D eigenvalue weighted by Gasteiger charge is -2.11. The molecule has 1 heterocycles. The molecule has 104 valence electrons. The lowest BCUT2D eigenvalue weighted by atomic mass is 10.2. The van der Waals surface area contributed by atoms with Crippen LogP contribution in [0.15, 0.2) is 36.4 Å². The van der Waals surface area contributed by atoms with Gasteiger partial charge in [0.2, 0.25) is 0 Å². The van der Waals surface area contributed by atoms with Gasteiger partial charge in [0.05, 0.1) is 39.9 Å². The Morgan fingerprint density at radius 2 is 2.10 bits per heavy atom. The fraction of sp³-hybridized carbons (Fsp3) is 0.0667. The summed E-state index contributed by atoms with van der Waals surface area (Å²) in [6, 6.07) is 12.1. The number of fused-ring (bicyclic) bond motifs is 1. The molecule has 0 spiro atoms. The number of nitrogens with two attached hydrogens (primary N) is 1. The van der Waals surface area contributed by atoms with Gasteiger partial charge in [0.15, 0.2) is 0 Å². The van der Waals surface area contributed by atoms with E-state index in [2.05, 4.69) is 11.1 Å². The highest BCUT2D eigenvalue weighted by Gasteiger charge is 2.15. The summed E-state index contributed by atoms with van der Waals surface area (Å²) < 4.78 is 15.2. The largest absolute Gasteiger partial charge is 0.397 e. The SMILES string of the molecule is N#CCc1nc2ccccc2n1-c1cc(Cl)c(F)cc1N. The number of para-hydroxylation sites is 2. The number of rotatable bonds is 2. The van der Waals surface area contributed by atoms with Crippen molar-refractivity contribution in [3.63, 3.8) is 0 Å². The third-order valence-electron chi connectivity index (χ3n) is 3.18. The van der Waals surface area contributed by atoms with E-state index < -0.39 is 5.82 Å². The molecule has 0 unspecified atom stereocenters. The molecule has 0 atom stereocenters. The molecule has 0 fully saturated rings. The molecule has 2 aromatic carbocycles. The van der Waals surface area contributed by atoms with Crippen molar-refractivity contribution in [1.82, 2.24) is 9.55 Å². The van der Waals surface area contributed by atoms with E-state index >= 15 is 0 Å². The Kier molecular flexibility index (Phi) is 3.24.